The lowest BCUT2D eigenvalue weighted by atomic mass is 10.1. The molecule has 146 valence electrons. The Balaban J connectivity index is 1.83. The van der Waals surface area contributed by atoms with Gasteiger partial charge in [-0.15, -0.1) is 0 Å². The number of methoxy groups -OCH3 is 1. The van der Waals surface area contributed by atoms with Crippen molar-refractivity contribution in [1.82, 2.24) is 9.78 Å². The maximum atomic E-state index is 13.2. The molecule has 28 heavy (non-hydrogen) atoms. The van der Waals surface area contributed by atoms with Gasteiger partial charge < -0.3 is 10.1 Å². The van der Waals surface area contributed by atoms with E-state index in [0.29, 0.717) is 5.75 Å². The minimum Gasteiger partial charge on any atom is -0.497 e. The van der Waals surface area contributed by atoms with Gasteiger partial charge in [0.25, 0.3) is 0 Å². The second-order valence-corrected chi connectivity index (χ2v) is 7.43. The smallest absolute Gasteiger partial charge is 0.240 e. The number of amides is 1. The number of ether oxygens (including phenoxy) is 1. The zero-order valence-electron chi connectivity index (χ0n) is 14.8. The molecule has 0 radical (unpaired) electrons. The molecule has 0 unspecified atom stereocenters. The average molecular weight is 404 g/mol. The molecule has 0 saturated heterocycles. The first-order chi connectivity index (χ1) is 13.3. The molecular weight excluding hydrogens is 387 g/mol. The molecule has 1 aromatic heterocycles. The monoisotopic (exact) mass is 404 g/mol. The van der Waals surface area contributed by atoms with E-state index in [4.69, 9.17) is 9.88 Å². The molecule has 2 aromatic carbocycles. The van der Waals surface area contributed by atoms with Crippen LogP contribution in [0.15, 0.2) is 59.8 Å². The van der Waals surface area contributed by atoms with Gasteiger partial charge in [-0.3, -0.25) is 4.79 Å². The largest absolute Gasteiger partial charge is 0.497 e. The summed E-state index contributed by atoms with van der Waals surface area (Å²) in [5.74, 6) is -0.298. The summed E-state index contributed by atoms with van der Waals surface area (Å²) >= 11 is 0. The summed E-state index contributed by atoms with van der Waals surface area (Å²) in [7, 11) is -2.60. The van der Waals surface area contributed by atoms with Crippen LogP contribution in [-0.2, 0) is 21.2 Å². The number of halogens is 1. The Morgan fingerprint density at radius 3 is 2.54 bits per heavy atom. The molecule has 1 amide bonds. The quantitative estimate of drug-likeness (QED) is 0.650. The third-order valence-electron chi connectivity index (χ3n) is 3.87. The molecule has 0 spiro atoms. The van der Waals surface area contributed by atoms with Crippen LogP contribution in [0.25, 0.3) is 5.69 Å². The van der Waals surface area contributed by atoms with E-state index in [2.05, 4.69) is 10.4 Å². The molecule has 3 rings (SSSR count). The van der Waals surface area contributed by atoms with Crippen LogP contribution in [0.3, 0.4) is 0 Å². The number of nitrogens with zero attached hydrogens (tertiary/aromatic N) is 2. The Hall–Kier alpha value is -3.24. The molecule has 10 heteroatoms. The van der Waals surface area contributed by atoms with E-state index in [1.807, 2.05) is 0 Å². The van der Waals surface area contributed by atoms with Crippen molar-refractivity contribution in [3.05, 3.63) is 66.2 Å². The molecule has 0 aliphatic rings. The number of sulfonamides is 1. The Labute approximate surface area is 160 Å². The number of hydrogen-bond donors (Lipinski definition) is 2. The van der Waals surface area contributed by atoms with Gasteiger partial charge in [0.15, 0.2) is 5.82 Å². The van der Waals surface area contributed by atoms with Crippen molar-refractivity contribution in [3.8, 4) is 11.4 Å². The minimum atomic E-state index is -4.15. The van der Waals surface area contributed by atoms with Crippen molar-refractivity contribution < 1.29 is 22.3 Å². The maximum Gasteiger partial charge on any atom is 0.240 e. The number of rotatable bonds is 6. The van der Waals surface area contributed by atoms with E-state index in [1.54, 1.807) is 31.4 Å². The average Bonchev–Trinajstić information content (AvgIpc) is 3.08. The van der Waals surface area contributed by atoms with Gasteiger partial charge in [-0.1, -0.05) is 12.1 Å². The highest BCUT2D eigenvalue weighted by atomic mass is 32.2. The number of primary sulfonamides is 1. The van der Waals surface area contributed by atoms with Crippen molar-refractivity contribution in [3.63, 3.8) is 0 Å². The maximum absolute atomic E-state index is 13.2. The van der Waals surface area contributed by atoms with Crippen LogP contribution in [0, 0.1) is 5.82 Å². The summed E-state index contributed by atoms with van der Waals surface area (Å²) in [5, 5.41) is 11.6. The summed E-state index contributed by atoms with van der Waals surface area (Å²) < 4.78 is 43.2. The van der Waals surface area contributed by atoms with Crippen molar-refractivity contribution >= 4 is 21.6 Å². The standard InChI is InChI=1S/C18H17FN4O4S/c1-27-15-5-2-12(3-6-15)8-18(24)22-14-4-7-16(17(9-14)28(20,25)26)23-11-13(19)10-21-23/h2-7,9-11H,8H2,1H3,(H,22,24)(H2,20,25,26). The summed E-state index contributed by atoms with van der Waals surface area (Å²) in [6.45, 7) is 0. The van der Waals surface area contributed by atoms with E-state index in [1.165, 1.54) is 18.2 Å². The molecule has 0 aliphatic heterocycles. The number of nitrogens with two attached hydrogens (primary N) is 1. The van der Waals surface area contributed by atoms with Crippen LogP contribution < -0.4 is 15.2 Å². The molecule has 8 nitrogen and oxygen atoms in total. The second kappa shape index (κ2) is 7.79. The van der Waals surface area contributed by atoms with Crippen LogP contribution in [-0.4, -0.2) is 31.2 Å². The fourth-order valence-electron chi connectivity index (χ4n) is 2.58. The van der Waals surface area contributed by atoms with Crippen LogP contribution in [0.2, 0.25) is 0 Å². The van der Waals surface area contributed by atoms with Gasteiger partial charge in [0.2, 0.25) is 15.9 Å². The van der Waals surface area contributed by atoms with E-state index >= 15 is 0 Å². The van der Waals surface area contributed by atoms with Crippen LogP contribution >= 0.6 is 0 Å². The Morgan fingerprint density at radius 1 is 1.25 bits per heavy atom. The van der Waals surface area contributed by atoms with Crippen molar-refractivity contribution in [2.45, 2.75) is 11.3 Å². The fourth-order valence-corrected chi connectivity index (χ4v) is 3.32. The highest BCUT2D eigenvalue weighted by Crippen LogP contribution is 2.23. The summed E-state index contributed by atoms with van der Waals surface area (Å²) in [6, 6.07) is 11.0. The second-order valence-electron chi connectivity index (χ2n) is 5.90. The summed E-state index contributed by atoms with van der Waals surface area (Å²) in [6.07, 6.45) is 2.05. The lowest BCUT2D eigenvalue weighted by Crippen LogP contribution is -2.18. The van der Waals surface area contributed by atoms with Gasteiger partial charge in [0.1, 0.15) is 10.6 Å². The van der Waals surface area contributed by atoms with E-state index < -0.39 is 15.8 Å². The molecule has 3 aromatic rings. The van der Waals surface area contributed by atoms with E-state index in [9.17, 15) is 17.6 Å². The number of carbonyl (C=O) groups is 1. The first kappa shape index (κ1) is 19.5. The molecule has 0 bridgehead atoms. The lowest BCUT2D eigenvalue weighted by molar-refractivity contribution is -0.115. The van der Waals surface area contributed by atoms with Crippen molar-refractivity contribution in [2.75, 3.05) is 12.4 Å². The highest BCUT2D eigenvalue weighted by Gasteiger charge is 2.18. The molecule has 3 N–H and O–H groups in total. The first-order valence-electron chi connectivity index (χ1n) is 8.06. The minimum absolute atomic E-state index is 0.0690. The van der Waals surface area contributed by atoms with Gasteiger partial charge in [-0.05, 0) is 35.9 Å². The van der Waals surface area contributed by atoms with Crippen LogP contribution in [0.4, 0.5) is 10.1 Å². The number of aromatic nitrogens is 2. The molecule has 1 heterocycles. The number of benzene rings is 2. The zero-order chi connectivity index (χ0) is 20.3. The van der Waals surface area contributed by atoms with Crippen LogP contribution in [0.5, 0.6) is 5.75 Å². The van der Waals surface area contributed by atoms with E-state index in [0.717, 1.165) is 22.6 Å². The van der Waals surface area contributed by atoms with Crippen molar-refractivity contribution in [1.29, 1.82) is 0 Å². The van der Waals surface area contributed by atoms with Gasteiger partial charge >= 0.3 is 0 Å². The molecular formula is C18H17FN4O4S. The first-order valence-corrected chi connectivity index (χ1v) is 9.61. The third-order valence-corrected chi connectivity index (χ3v) is 4.81. The Kier molecular flexibility index (Phi) is 5.43. The van der Waals surface area contributed by atoms with Gasteiger partial charge in [-0.25, -0.2) is 22.6 Å². The van der Waals surface area contributed by atoms with Crippen LogP contribution in [0.1, 0.15) is 5.56 Å². The lowest BCUT2D eigenvalue weighted by Gasteiger charge is -2.11. The summed E-state index contributed by atoms with van der Waals surface area (Å²) in [5.41, 5.74) is 1.06. The SMILES string of the molecule is COc1ccc(CC(=O)Nc2ccc(-n3cc(F)cn3)c(S(N)(=O)=O)c2)cc1. The number of anilines is 1. The topological polar surface area (TPSA) is 116 Å². The Bertz CT molecular complexity index is 1110. The summed E-state index contributed by atoms with van der Waals surface area (Å²) in [4.78, 5) is 12.0. The van der Waals surface area contributed by atoms with Gasteiger partial charge in [0.05, 0.1) is 31.6 Å². The predicted octanol–water partition coefficient (Wildman–Crippen LogP) is 1.85. The normalized spacial score (nSPS) is 11.2. The van der Waals surface area contributed by atoms with Crippen molar-refractivity contribution in [2.24, 2.45) is 5.14 Å². The third kappa shape index (κ3) is 4.53. The predicted molar refractivity (Wildman–Crippen MR) is 100 cm³/mol. The molecule has 0 fully saturated rings. The molecule has 0 aliphatic carbocycles. The van der Waals surface area contributed by atoms with Gasteiger partial charge in [0, 0.05) is 5.69 Å². The van der Waals surface area contributed by atoms with E-state index in [-0.39, 0.29) is 28.6 Å². The Morgan fingerprint density at radius 2 is 1.96 bits per heavy atom. The number of carbonyl (C=O) groups excluding carboxylic acids is 1. The molecule has 0 saturated carbocycles. The fraction of sp³-hybridized carbons (Fsp3) is 0.111. The number of hydrogen-bond acceptors (Lipinski definition) is 5. The van der Waals surface area contributed by atoms with Gasteiger partial charge in [-0.2, -0.15) is 5.10 Å². The zero-order valence-corrected chi connectivity index (χ0v) is 15.6. The highest BCUT2D eigenvalue weighted by molar-refractivity contribution is 7.89. The number of nitrogens with one attached hydrogen (secondary N) is 1. The molecule has 0 atom stereocenters.